The maximum Gasteiger partial charge on any atom is 0.284 e. The Bertz CT molecular complexity index is 939. The highest BCUT2D eigenvalue weighted by atomic mass is 32.2. The minimum Gasteiger partial charge on any atom is -0.337 e. The Labute approximate surface area is 157 Å². The van der Waals surface area contributed by atoms with Crippen LogP contribution in [0.1, 0.15) is 15.2 Å². The Kier molecular flexibility index (Phi) is 5.33. The molecule has 26 heavy (non-hydrogen) atoms. The van der Waals surface area contributed by atoms with Gasteiger partial charge in [0.25, 0.3) is 11.6 Å². The van der Waals surface area contributed by atoms with Crippen molar-refractivity contribution in [3.63, 3.8) is 0 Å². The predicted molar refractivity (Wildman–Crippen MR) is 98.3 cm³/mol. The first-order valence-corrected chi connectivity index (χ1v) is 9.23. The van der Waals surface area contributed by atoms with Crippen molar-refractivity contribution in [3.05, 3.63) is 62.6 Å². The third-order valence-corrected chi connectivity index (χ3v) is 5.57. The van der Waals surface area contributed by atoms with Crippen LogP contribution in [0.4, 0.5) is 5.69 Å². The molecule has 2 aromatic heterocycles. The molecular weight excluding hydrogens is 374 g/mol. The van der Waals surface area contributed by atoms with Crippen molar-refractivity contribution >= 4 is 34.7 Å². The van der Waals surface area contributed by atoms with Gasteiger partial charge in [-0.25, -0.2) is 0 Å². The predicted octanol–water partition coefficient (Wildman–Crippen LogP) is 3.21. The molecule has 1 aromatic carbocycles. The number of nitro benzene ring substituents is 1. The van der Waals surface area contributed by atoms with E-state index in [0.717, 1.165) is 16.6 Å². The van der Waals surface area contributed by atoms with Crippen LogP contribution in [0.25, 0.3) is 0 Å². The molecule has 2 heterocycles. The van der Waals surface area contributed by atoms with Crippen LogP contribution in [0.3, 0.4) is 0 Å². The summed E-state index contributed by atoms with van der Waals surface area (Å²) in [4.78, 5) is 26.6. The molecule has 0 unspecified atom stereocenters. The van der Waals surface area contributed by atoms with Crippen molar-refractivity contribution < 1.29 is 9.72 Å². The van der Waals surface area contributed by atoms with Gasteiger partial charge < -0.3 is 9.47 Å². The van der Waals surface area contributed by atoms with Crippen LogP contribution in [0.5, 0.6) is 0 Å². The molecule has 134 valence electrons. The van der Waals surface area contributed by atoms with E-state index in [4.69, 9.17) is 0 Å². The van der Waals surface area contributed by atoms with Crippen LogP contribution in [-0.4, -0.2) is 37.5 Å². The van der Waals surface area contributed by atoms with Crippen LogP contribution < -0.4 is 0 Å². The van der Waals surface area contributed by atoms with Gasteiger partial charge in [0.15, 0.2) is 5.16 Å². The van der Waals surface area contributed by atoms with Gasteiger partial charge >= 0.3 is 0 Å². The Morgan fingerprint density at radius 1 is 1.42 bits per heavy atom. The highest BCUT2D eigenvalue weighted by Crippen LogP contribution is 2.34. The summed E-state index contributed by atoms with van der Waals surface area (Å²) < 4.78 is 1.67. The van der Waals surface area contributed by atoms with Gasteiger partial charge in [-0.3, -0.25) is 14.9 Å². The van der Waals surface area contributed by atoms with E-state index in [9.17, 15) is 14.9 Å². The van der Waals surface area contributed by atoms with E-state index >= 15 is 0 Å². The van der Waals surface area contributed by atoms with E-state index in [-0.39, 0.29) is 17.2 Å². The van der Waals surface area contributed by atoms with Crippen LogP contribution >= 0.6 is 23.1 Å². The maximum absolute atomic E-state index is 12.6. The molecule has 3 rings (SSSR count). The topological polar surface area (TPSA) is 94.2 Å². The third kappa shape index (κ3) is 3.92. The van der Waals surface area contributed by atoms with E-state index < -0.39 is 4.92 Å². The van der Waals surface area contributed by atoms with Gasteiger partial charge in [-0.2, -0.15) is 0 Å². The molecule has 0 radical (unpaired) electrons. The molecule has 1 amide bonds. The monoisotopic (exact) mass is 389 g/mol. The van der Waals surface area contributed by atoms with Crippen LogP contribution in [-0.2, 0) is 13.6 Å². The van der Waals surface area contributed by atoms with Crippen molar-refractivity contribution in [2.24, 2.45) is 7.05 Å². The molecule has 0 aliphatic heterocycles. The van der Waals surface area contributed by atoms with Gasteiger partial charge in [-0.05, 0) is 35.3 Å². The molecule has 0 aliphatic rings. The van der Waals surface area contributed by atoms with Gasteiger partial charge in [-0.15, -0.1) is 21.5 Å². The minimum atomic E-state index is -0.491. The average molecular weight is 389 g/mol. The summed E-state index contributed by atoms with van der Waals surface area (Å²) in [7, 11) is 3.43. The summed E-state index contributed by atoms with van der Waals surface area (Å²) in [5.74, 6) is -0.267. The maximum atomic E-state index is 12.6. The number of hydrogen-bond acceptors (Lipinski definition) is 7. The molecule has 0 spiro atoms. The summed E-state index contributed by atoms with van der Waals surface area (Å²) in [6, 6.07) is 8.34. The second-order valence-electron chi connectivity index (χ2n) is 5.51. The van der Waals surface area contributed by atoms with Crippen LogP contribution in [0.2, 0.25) is 0 Å². The standard InChI is InChI=1S/C16H15N5O3S2/c1-19(9-12-4-3-7-25-12)15(22)11-5-6-14(13(8-11)21(23)24)26-16-18-17-10-20(16)2/h3-8,10H,9H2,1-2H3. The fraction of sp³-hybridized carbons (Fsp3) is 0.188. The first-order chi connectivity index (χ1) is 12.5. The Hall–Kier alpha value is -2.72. The zero-order valence-corrected chi connectivity index (χ0v) is 15.7. The molecule has 0 saturated carbocycles. The largest absolute Gasteiger partial charge is 0.337 e. The second kappa shape index (κ2) is 7.67. The fourth-order valence-corrected chi connectivity index (χ4v) is 3.88. The molecule has 0 N–H and O–H groups in total. The van der Waals surface area contributed by atoms with E-state index in [1.165, 1.54) is 12.4 Å². The van der Waals surface area contributed by atoms with Gasteiger partial charge in [0, 0.05) is 30.6 Å². The zero-order chi connectivity index (χ0) is 18.7. The zero-order valence-electron chi connectivity index (χ0n) is 14.0. The SMILES string of the molecule is CN(Cc1cccs1)C(=O)c1ccc(Sc2nncn2C)c([N+](=O)[O-])c1. The number of amides is 1. The number of aryl methyl sites for hydroxylation is 1. The van der Waals surface area contributed by atoms with E-state index in [0.29, 0.717) is 16.6 Å². The molecule has 0 aliphatic carbocycles. The van der Waals surface area contributed by atoms with Crippen LogP contribution in [0.15, 0.2) is 52.1 Å². The first-order valence-electron chi connectivity index (χ1n) is 7.54. The van der Waals surface area contributed by atoms with Gasteiger partial charge in [-0.1, -0.05) is 6.07 Å². The summed E-state index contributed by atoms with van der Waals surface area (Å²) in [6.45, 7) is 0.458. The number of thiophene rings is 1. The summed E-state index contributed by atoms with van der Waals surface area (Å²) in [5.41, 5.74) is 0.145. The Balaban J connectivity index is 1.84. The van der Waals surface area contributed by atoms with Crippen LogP contribution in [0, 0.1) is 10.1 Å². The number of rotatable bonds is 6. The highest BCUT2D eigenvalue weighted by molar-refractivity contribution is 7.99. The summed E-state index contributed by atoms with van der Waals surface area (Å²) in [6.07, 6.45) is 1.52. The Morgan fingerprint density at radius 3 is 2.85 bits per heavy atom. The van der Waals surface area contributed by atoms with Crippen molar-refractivity contribution in [1.82, 2.24) is 19.7 Å². The Morgan fingerprint density at radius 2 is 2.23 bits per heavy atom. The van der Waals surface area contributed by atoms with Crippen molar-refractivity contribution in [2.75, 3.05) is 7.05 Å². The molecular formula is C16H15N5O3S2. The van der Waals surface area contributed by atoms with Gasteiger partial charge in [0.2, 0.25) is 0 Å². The van der Waals surface area contributed by atoms with Gasteiger partial charge in [0.1, 0.15) is 6.33 Å². The lowest BCUT2D eigenvalue weighted by Gasteiger charge is -2.16. The summed E-state index contributed by atoms with van der Waals surface area (Å²) in [5, 5.41) is 21.6. The number of hydrogen-bond donors (Lipinski definition) is 0. The third-order valence-electron chi connectivity index (χ3n) is 3.59. The number of aromatic nitrogens is 3. The number of nitro groups is 1. The normalized spacial score (nSPS) is 10.7. The number of carbonyl (C=O) groups is 1. The molecule has 0 saturated heterocycles. The molecule has 8 nitrogen and oxygen atoms in total. The number of nitrogens with zero attached hydrogens (tertiary/aromatic N) is 5. The minimum absolute atomic E-state index is 0.131. The van der Waals surface area contributed by atoms with Crippen molar-refractivity contribution in [3.8, 4) is 0 Å². The van der Waals surface area contributed by atoms with Gasteiger partial charge in [0.05, 0.1) is 16.4 Å². The first kappa shape index (κ1) is 18.1. The average Bonchev–Trinajstić information content (AvgIpc) is 3.26. The highest BCUT2D eigenvalue weighted by Gasteiger charge is 2.21. The lowest BCUT2D eigenvalue weighted by atomic mass is 10.1. The fourth-order valence-electron chi connectivity index (χ4n) is 2.27. The molecule has 0 atom stereocenters. The molecule has 0 bridgehead atoms. The number of carbonyl (C=O) groups excluding carboxylic acids is 1. The number of benzene rings is 1. The van der Waals surface area contributed by atoms with Crippen molar-refractivity contribution in [1.29, 1.82) is 0 Å². The molecule has 3 aromatic rings. The summed E-state index contributed by atoms with van der Waals surface area (Å²) >= 11 is 2.69. The lowest BCUT2D eigenvalue weighted by Crippen LogP contribution is -2.25. The van der Waals surface area contributed by atoms with Crippen molar-refractivity contribution in [2.45, 2.75) is 16.6 Å². The second-order valence-corrected chi connectivity index (χ2v) is 7.55. The van der Waals surface area contributed by atoms with E-state index in [1.807, 2.05) is 17.5 Å². The van der Waals surface area contributed by atoms with E-state index in [2.05, 4.69) is 10.2 Å². The van der Waals surface area contributed by atoms with E-state index in [1.54, 1.807) is 47.0 Å². The molecule has 10 heteroatoms. The molecule has 0 fully saturated rings. The lowest BCUT2D eigenvalue weighted by molar-refractivity contribution is -0.387. The smallest absolute Gasteiger partial charge is 0.284 e. The quantitative estimate of drug-likeness (QED) is 0.475.